The highest BCUT2D eigenvalue weighted by Crippen LogP contribution is 2.12. The van der Waals surface area contributed by atoms with Crippen molar-refractivity contribution in [1.82, 2.24) is 0 Å². The van der Waals surface area contributed by atoms with Gasteiger partial charge in [0.1, 0.15) is 5.75 Å². The van der Waals surface area contributed by atoms with Crippen LogP contribution < -0.4 is 9.64 Å². The van der Waals surface area contributed by atoms with Crippen LogP contribution in [0.4, 0.5) is 0 Å². The summed E-state index contributed by atoms with van der Waals surface area (Å²) < 4.78 is 5.71. The Morgan fingerprint density at radius 3 is 2.56 bits per heavy atom. The fourth-order valence-corrected chi connectivity index (χ4v) is 1.82. The van der Waals surface area contributed by atoms with Crippen molar-refractivity contribution < 1.29 is 9.64 Å². The molecule has 0 aliphatic rings. The third-order valence-corrected chi connectivity index (χ3v) is 2.93. The second-order valence-electron chi connectivity index (χ2n) is 4.23. The van der Waals surface area contributed by atoms with E-state index in [2.05, 4.69) is 32.9 Å². The van der Waals surface area contributed by atoms with E-state index in [4.69, 9.17) is 4.74 Å². The zero-order valence-electron chi connectivity index (χ0n) is 10.8. The average molecular weight is 222 g/mol. The number of benzene rings is 1. The number of nitrogens with one attached hydrogen (secondary N) is 1. The fraction of sp³-hybridized carbons (Fsp3) is 0.571. The van der Waals surface area contributed by atoms with Crippen LogP contribution in [-0.2, 0) is 0 Å². The van der Waals surface area contributed by atoms with Crippen LogP contribution in [-0.4, -0.2) is 26.2 Å². The summed E-state index contributed by atoms with van der Waals surface area (Å²) in [5.74, 6) is 0.995. The number of hydrogen-bond donors (Lipinski definition) is 1. The van der Waals surface area contributed by atoms with Gasteiger partial charge in [0.2, 0.25) is 0 Å². The van der Waals surface area contributed by atoms with Crippen molar-refractivity contribution in [2.45, 2.75) is 27.2 Å². The number of hydrogen-bond acceptors (Lipinski definition) is 1. The molecule has 0 saturated carbocycles. The highest BCUT2D eigenvalue weighted by atomic mass is 16.5. The molecule has 0 aliphatic carbocycles. The summed E-state index contributed by atoms with van der Waals surface area (Å²) in [6.45, 7) is 11.0. The minimum atomic E-state index is 0.826. The summed E-state index contributed by atoms with van der Waals surface area (Å²) in [6, 6.07) is 8.24. The summed E-state index contributed by atoms with van der Waals surface area (Å²) in [7, 11) is 0. The second-order valence-corrected chi connectivity index (χ2v) is 4.23. The van der Waals surface area contributed by atoms with Crippen molar-refractivity contribution in [3.63, 3.8) is 0 Å². The molecule has 1 aromatic carbocycles. The first-order valence-electron chi connectivity index (χ1n) is 6.29. The Labute approximate surface area is 99.2 Å². The molecule has 0 atom stereocenters. The zero-order valence-corrected chi connectivity index (χ0v) is 10.8. The molecule has 2 nitrogen and oxygen atoms in total. The predicted octanol–water partition coefficient (Wildman–Crippen LogP) is 1.69. The van der Waals surface area contributed by atoms with Gasteiger partial charge in [-0.2, -0.15) is 0 Å². The maximum absolute atomic E-state index is 5.71. The SMILES string of the molecule is CC[NH+](CC)CCCOc1cccc(C)c1. The Balaban J connectivity index is 2.20. The van der Waals surface area contributed by atoms with Crippen LogP contribution in [0.15, 0.2) is 24.3 Å². The van der Waals surface area contributed by atoms with E-state index in [-0.39, 0.29) is 0 Å². The normalized spacial score (nSPS) is 10.8. The van der Waals surface area contributed by atoms with Crippen LogP contribution in [0.2, 0.25) is 0 Å². The summed E-state index contributed by atoms with van der Waals surface area (Å²) in [5, 5.41) is 0. The fourth-order valence-electron chi connectivity index (χ4n) is 1.82. The lowest BCUT2D eigenvalue weighted by atomic mass is 10.2. The van der Waals surface area contributed by atoms with Crippen LogP contribution in [0, 0.1) is 6.92 Å². The number of ether oxygens (including phenoxy) is 1. The molecule has 90 valence electrons. The van der Waals surface area contributed by atoms with Crippen LogP contribution in [0.25, 0.3) is 0 Å². The van der Waals surface area contributed by atoms with Gasteiger partial charge in [-0.15, -0.1) is 0 Å². The van der Waals surface area contributed by atoms with Gasteiger partial charge in [-0.05, 0) is 38.5 Å². The minimum Gasteiger partial charge on any atom is -0.493 e. The molecule has 1 N–H and O–H groups in total. The monoisotopic (exact) mass is 222 g/mol. The Hall–Kier alpha value is -1.02. The highest BCUT2D eigenvalue weighted by molar-refractivity contribution is 5.27. The van der Waals surface area contributed by atoms with Gasteiger partial charge in [0, 0.05) is 6.42 Å². The Bertz CT molecular complexity index is 295. The van der Waals surface area contributed by atoms with Gasteiger partial charge in [0.05, 0.1) is 26.2 Å². The first-order valence-corrected chi connectivity index (χ1v) is 6.29. The van der Waals surface area contributed by atoms with Crippen molar-refractivity contribution in [1.29, 1.82) is 0 Å². The molecule has 0 amide bonds. The maximum Gasteiger partial charge on any atom is 0.119 e. The van der Waals surface area contributed by atoms with Crippen molar-refractivity contribution >= 4 is 0 Å². The van der Waals surface area contributed by atoms with Gasteiger partial charge in [-0.3, -0.25) is 0 Å². The van der Waals surface area contributed by atoms with Gasteiger partial charge < -0.3 is 9.64 Å². The summed E-state index contributed by atoms with van der Waals surface area (Å²) >= 11 is 0. The minimum absolute atomic E-state index is 0.826. The molecule has 0 aliphatic heterocycles. The van der Waals surface area contributed by atoms with Gasteiger partial charge in [0.25, 0.3) is 0 Å². The molecule has 1 rings (SSSR count). The molecule has 16 heavy (non-hydrogen) atoms. The third-order valence-electron chi connectivity index (χ3n) is 2.93. The number of aryl methyl sites for hydroxylation is 1. The molecule has 0 bridgehead atoms. The van der Waals surface area contributed by atoms with E-state index in [1.165, 1.54) is 25.2 Å². The van der Waals surface area contributed by atoms with Crippen LogP contribution in [0.3, 0.4) is 0 Å². The molecular formula is C14H24NO+. The molecule has 2 heteroatoms. The maximum atomic E-state index is 5.71. The summed E-state index contributed by atoms with van der Waals surface area (Å²) in [5.41, 5.74) is 1.26. The van der Waals surface area contributed by atoms with E-state index in [0.29, 0.717) is 0 Å². The second kappa shape index (κ2) is 7.29. The molecule has 0 fully saturated rings. The van der Waals surface area contributed by atoms with Crippen LogP contribution in [0.5, 0.6) is 5.75 Å². The van der Waals surface area contributed by atoms with Gasteiger partial charge >= 0.3 is 0 Å². The van der Waals surface area contributed by atoms with Gasteiger partial charge in [-0.1, -0.05) is 12.1 Å². The highest BCUT2D eigenvalue weighted by Gasteiger charge is 2.01. The lowest BCUT2D eigenvalue weighted by Crippen LogP contribution is -3.11. The number of rotatable bonds is 7. The first-order chi connectivity index (χ1) is 7.76. The molecule has 0 radical (unpaired) electrons. The standard InChI is InChI=1S/C14H23NO/c1-4-15(5-2)10-7-11-16-14-9-6-8-13(3)12-14/h6,8-9,12H,4-5,7,10-11H2,1-3H3/p+1. The van der Waals surface area contributed by atoms with Crippen LogP contribution >= 0.6 is 0 Å². The van der Waals surface area contributed by atoms with E-state index in [9.17, 15) is 0 Å². The topological polar surface area (TPSA) is 13.7 Å². The molecule has 0 heterocycles. The molecule has 0 saturated heterocycles. The molecule has 0 unspecified atom stereocenters. The third kappa shape index (κ3) is 4.67. The Morgan fingerprint density at radius 1 is 1.19 bits per heavy atom. The van der Waals surface area contributed by atoms with Crippen molar-refractivity contribution in [2.75, 3.05) is 26.2 Å². The van der Waals surface area contributed by atoms with E-state index in [1.54, 1.807) is 4.90 Å². The van der Waals surface area contributed by atoms with E-state index in [1.807, 2.05) is 12.1 Å². The largest absolute Gasteiger partial charge is 0.493 e. The predicted molar refractivity (Wildman–Crippen MR) is 68.2 cm³/mol. The molecule has 1 aromatic rings. The zero-order chi connectivity index (χ0) is 11.8. The quantitative estimate of drug-likeness (QED) is 0.693. The van der Waals surface area contributed by atoms with Crippen LogP contribution in [0.1, 0.15) is 25.8 Å². The van der Waals surface area contributed by atoms with Gasteiger partial charge in [-0.25, -0.2) is 0 Å². The van der Waals surface area contributed by atoms with Crippen molar-refractivity contribution in [3.05, 3.63) is 29.8 Å². The lowest BCUT2D eigenvalue weighted by Gasteiger charge is -2.15. The van der Waals surface area contributed by atoms with E-state index >= 15 is 0 Å². The molecule has 0 aromatic heterocycles. The Kier molecular flexibility index (Phi) is 5.94. The smallest absolute Gasteiger partial charge is 0.119 e. The lowest BCUT2D eigenvalue weighted by molar-refractivity contribution is -0.896. The average Bonchev–Trinajstić information content (AvgIpc) is 2.29. The Morgan fingerprint density at radius 2 is 1.94 bits per heavy atom. The van der Waals surface area contributed by atoms with E-state index in [0.717, 1.165) is 18.8 Å². The summed E-state index contributed by atoms with van der Waals surface area (Å²) in [6.07, 6.45) is 1.13. The summed E-state index contributed by atoms with van der Waals surface area (Å²) in [4.78, 5) is 1.65. The van der Waals surface area contributed by atoms with E-state index < -0.39 is 0 Å². The van der Waals surface area contributed by atoms with Gasteiger partial charge in [0.15, 0.2) is 0 Å². The molecular weight excluding hydrogens is 198 g/mol. The first kappa shape index (κ1) is 13.0. The van der Waals surface area contributed by atoms with Crippen molar-refractivity contribution in [3.8, 4) is 5.75 Å². The van der Waals surface area contributed by atoms with Crippen molar-refractivity contribution in [2.24, 2.45) is 0 Å². The molecule has 0 spiro atoms. The number of quaternary nitrogens is 1.